The van der Waals surface area contributed by atoms with Crippen LogP contribution >= 0.6 is 27.5 Å². The van der Waals surface area contributed by atoms with E-state index in [1.165, 1.54) is 4.90 Å². The second kappa shape index (κ2) is 8.09. The smallest absolute Gasteiger partial charge is 0.300 e. The number of aliphatic hydroxyl groups is 1. The fourth-order valence-corrected chi connectivity index (χ4v) is 3.99. The highest BCUT2D eigenvalue weighted by Gasteiger charge is 2.46. The molecule has 3 aromatic carbocycles. The Morgan fingerprint density at radius 2 is 1.67 bits per heavy atom. The molecule has 1 N–H and O–H groups in total. The minimum Gasteiger partial charge on any atom is -0.507 e. The number of Topliss-reactive ketones (excluding diaryl/α,β-unsaturated/α-hetero) is 1. The van der Waals surface area contributed by atoms with Crippen molar-refractivity contribution >= 4 is 50.7 Å². The molecule has 4 rings (SSSR count). The number of anilines is 1. The highest BCUT2D eigenvalue weighted by atomic mass is 79.9. The Bertz CT molecular complexity index is 1170. The van der Waals surface area contributed by atoms with Crippen LogP contribution in [0.15, 0.2) is 82.8 Å². The first-order chi connectivity index (χ1) is 14.4. The largest absolute Gasteiger partial charge is 0.507 e. The summed E-state index contributed by atoms with van der Waals surface area (Å²) in [6.45, 7) is 1.92. The molecule has 0 bridgehead atoms. The third-order valence-corrected chi connectivity index (χ3v) is 5.81. The number of hydrogen-bond acceptors (Lipinski definition) is 3. The molecule has 6 heteroatoms. The molecule has 0 saturated carbocycles. The van der Waals surface area contributed by atoms with Gasteiger partial charge in [-0.2, -0.15) is 0 Å². The van der Waals surface area contributed by atoms with Crippen molar-refractivity contribution in [2.24, 2.45) is 0 Å². The molecule has 1 heterocycles. The number of benzene rings is 3. The summed E-state index contributed by atoms with van der Waals surface area (Å²) in [7, 11) is 0. The van der Waals surface area contributed by atoms with Gasteiger partial charge in [0.25, 0.3) is 11.7 Å². The number of amides is 1. The third kappa shape index (κ3) is 3.66. The Morgan fingerprint density at radius 3 is 2.30 bits per heavy atom. The minimum absolute atomic E-state index is 0.0474. The predicted molar refractivity (Wildman–Crippen MR) is 122 cm³/mol. The first kappa shape index (κ1) is 20.4. The first-order valence-corrected chi connectivity index (χ1v) is 10.4. The van der Waals surface area contributed by atoms with E-state index < -0.39 is 17.7 Å². The summed E-state index contributed by atoms with van der Waals surface area (Å²) < 4.78 is 0.872. The van der Waals surface area contributed by atoms with Crippen LogP contribution in [0.1, 0.15) is 22.7 Å². The van der Waals surface area contributed by atoms with Crippen LogP contribution in [0, 0.1) is 6.92 Å². The Morgan fingerprint density at radius 1 is 1.00 bits per heavy atom. The topological polar surface area (TPSA) is 57.6 Å². The van der Waals surface area contributed by atoms with E-state index in [-0.39, 0.29) is 11.3 Å². The van der Waals surface area contributed by atoms with Gasteiger partial charge >= 0.3 is 0 Å². The van der Waals surface area contributed by atoms with Gasteiger partial charge in [-0.05, 0) is 66.6 Å². The third-order valence-electron chi connectivity index (χ3n) is 5.03. The molecule has 1 aliphatic rings. The van der Waals surface area contributed by atoms with Crippen molar-refractivity contribution in [2.45, 2.75) is 13.0 Å². The quantitative estimate of drug-likeness (QED) is 0.281. The van der Waals surface area contributed by atoms with Crippen molar-refractivity contribution in [1.82, 2.24) is 0 Å². The predicted octanol–water partition coefficient (Wildman–Crippen LogP) is 6.04. The van der Waals surface area contributed by atoms with E-state index in [1.807, 2.05) is 49.4 Å². The fraction of sp³-hybridized carbons (Fsp3) is 0.0833. The normalized spacial score (nSPS) is 18.1. The fourth-order valence-electron chi connectivity index (χ4n) is 3.60. The monoisotopic (exact) mass is 481 g/mol. The van der Waals surface area contributed by atoms with Crippen molar-refractivity contribution in [2.75, 3.05) is 4.90 Å². The van der Waals surface area contributed by atoms with E-state index in [9.17, 15) is 14.7 Å². The zero-order valence-electron chi connectivity index (χ0n) is 16.0. The van der Waals surface area contributed by atoms with E-state index in [2.05, 4.69) is 15.9 Å². The summed E-state index contributed by atoms with van der Waals surface area (Å²) in [5.41, 5.74) is 2.74. The van der Waals surface area contributed by atoms with Crippen molar-refractivity contribution in [3.05, 3.63) is 105 Å². The van der Waals surface area contributed by atoms with Gasteiger partial charge in [-0.1, -0.05) is 51.8 Å². The number of carbonyl (C=O) groups excluding carboxylic acids is 2. The molecular formula is C24H17BrClNO3. The SMILES string of the molecule is Cc1cccc(N2C(=O)C(=O)C(=C(O)c3ccc(Cl)cc3)C2c2ccc(Br)cc2)c1. The molecule has 1 saturated heterocycles. The molecule has 30 heavy (non-hydrogen) atoms. The van der Waals surface area contributed by atoms with Gasteiger partial charge in [0, 0.05) is 20.7 Å². The van der Waals surface area contributed by atoms with E-state index >= 15 is 0 Å². The summed E-state index contributed by atoms with van der Waals surface area (Å²) in [6, 6.07) is 20.5. The van der Waals surface area contributed by atoms with Crippen LogP contribution in [-0.2, 0) is 9.59 Å². The second-order valence-corrected chi connectivity index (χ2v) is 8.42. The van der Waals surface area contributed by atoms with E-state index in [0.717, 1.165) is 15.6 Å². The van der Waals surface area contributed by atoms with Gasteiger partial charge in [0.15, 0.2) is 0 Å². The molecule has 0 radical (unpaired) electrons. The summed E-state index contributed by atoms with van der Waals surface area (Å²) >= 11 is 9.37. The zero-order valence-corrected chi connectivity index (χ0v) is 18.3. The number of ketones is 1. The van der Waals surface area contributed by atoms with Crippen LogP contribution in [0.4, 0.5) is 5.69 Å². The molecular weight excluding hydrogens is 466 g/mol. The highest BCUT2D eigenvalue weighted by molar-refractivity contribution is 9.10. The molecule has 4 nitrogen and oxygen atoms in total. The lowest BCUT2D eigenvalue weighted by Gasteiger charge is -2.25. The number of aliphatic hydroxyl groups excluding tert-OH is 1. The van der Waals surface area contributed by atoms with Crippen LogP contribution in [-0.4, -0.2) is 16.8 Å². The van der Waals surface area contributed by atoms with E-state index in [1.54, 1.807) is 30.3 Å². The maximum Gasteiger partial charge on any atom is 0.300 e. The van der Waals surface area contributed by atoms with Crippen molar-refractivity contribution in [3.63, 3.8) is 0 Å². The summed E-state index contributed by atoms with van der Waals surface area (Å²) in [4.78, 5) is 27.6. The van der Waals surface area contributed by atoms with Gasteiger partial charge in [-0.25, -0.2) is 0 Å². The number of aryl methyl sites for hydroxylation is 1. The van der Waals surface area contributed by atoms with Gasteiger partial charge in [0.2, 0.25) is 0 Å². The average Bonchev–Trinajstić information content (AvgIpc) is 2.99. The standard InChI is InChI=1S/C24H17BrClNO3/c1-14-3-2-4-19(13-14)27-21(15-5-9-17(25)10-6-15)20(23(29)24(27)30)22(28)16-7-11-18(26)12-8-16/h2-13,21,28H,1H3. The van der Waals surface area contributed by atoms with Crippen molar-refractivity contribution in [1.29, 1.82) is 0 Å². The Balaban J connectivity index is 1.95. The van der Waals surface area contributed by atoms with Crippen LogP contribution in [0.5, 0.6) is 0 Å². The zero-order chi connectivity index (χ0) is 21.4. The molecule has 0 aliphatic carbocycles. The van der Waals surface area contributed by atoms with Crippen LogP contribution in [0.25, 0.3) is 5.76 Å². The molecule has 3 aromatic rings. The van der Waals surface area contributed by atoms with Gasteiger partial charge in [0.1, 0.15) is 5.76 Å². The number of halogens is 2. The maximum atomic E-state index is 13.1. The molecule has 150 valence electrons. The lowest BCUT2D eigenvalue weighted by atomic mass is 9.95. The molecule has 1 atom stereocenters. The van der Waals surface area contributed by atoms with E-state index in [0.29, 0.717) is 16.3 Å². The van der Waals surface area contributed by atoms with Crippen LogP contribution in [0.3, 0.4) is 0 Å². The van der Waals surface area contributed by atoms with E-state index in [4.69, 9.17) is 11.6 Å². The molecule has 0 spiro atoms. The Hall–Kier alpha value is -2.89. The molecule has 1 aliphatic heterocycles. The molecule has 1 amide bonds. The summed E-state index contributed by atoms with van der Waals surface area (Å²) in [5.74, 6) is -1.63. The lowest BCUT2D eigenvalue weighted by molar-refractivity contribution is -0.132. The number of hydrogen-bond donors (Lipinski definition) is 1. The number of rotatable bonds is 3. The van der Waals surface area contributed by atoms with Gasteiger partial charge in [-0.3, -0.25) is 14.5 Å². The van der Waals surface area contributed by atoms with Gasteiger partial charge in [0.05, 0.1) is 11.6 Å². The highest BCUT2D eigenvalue weighted by Crippen LogP contribution is 2.42. The second-order valence-electron chi connectivity index (χ2n) is 7.07. The van der Waals surface area contributed by atoms with Gasteiger partial charge < -0.3 is 5.11 Å². The molecule has 0 aromatic heterocycles. The minimum atomic E-state index is -0.754. The summed E-state index contributed by atoms with van der Waals surface area (Å²) in [5, 5.41) is 11.5. The van der Waals surface area contributed by atoms with Crippen molar-refractivity contribution < 1.29 is 14.7 Å². The lowest BCUT2D eigenvalue weighted by Crippen LogP contribution is -2.29. The number of carbonyl (C=O) groups is 2. The van der Waals surface area contributed by atoms with Crippen LogP contribution in [0.2, 0.25) is 5.02 Å². The van der Waals surface area contributed by atoms with Crippen molar-refractivity contribution in [3.8, 4) is 0 Å². The number of nitrogens with zero attached hydrogens (tertiary/aromatic N) is 1. The van der Waals surface area contributed by atoms with Gasteiger partial charge in [-0.15, -0.1) is 0 Å². The van der Waals surface area contributed by atoms with Crippen LogP contribution < -0.4 is 4.90 Å². The first-order valence-electron chi connectivity index (χ1n) is 9.26. The Kier molecular flexibility index (Phi) is 5.50. The maximum absolute atomic E-state index is 13.1. The molecule has 1 fully saturated rings. The summed E-state index contributed by atoms with van der Waals surface area (Å²) in [6.07, 6.45) is 0. The Labute approximate surface area is 187 Å². The molecule has 1 unspecified atom stereocenters. The average molecular weight is 483 g/mol.